The van der Waals surface area contributed by atoms with Gasteiger partial charge in [-0.3, -0.25) is 9.89 Å². The molecule has 0 spiro atoms. The number of halogens is 1. The Morgan fingerprint density at radius 2 is 2.07 bits per heavy atom. The Labute approximate surface area is 172 Å². The zero-order valence-corrected chi connectivity index (χ0v) is 17.2. The van der Waals surface area contributed by atoms with Crippen LogP contribution in [-0.2, 0) is 6.54 Å². The van der Waals surface area contributed by atoms with E-state index in [4.69, 9.17) is 16.3 Å². The van der Waals surface area contributed by atoms with Gasteiger partial charge < -0.3 is 15.4 Å². The molecule has 2 aromatic rings. The third kappa shape index (κ3) is 5.59. The van der Waals surface area contributed by atoms with Crippen LogP contribution in [0.15, 0.2) is 47.6 Å². The predicted molar refractivity (Wildman–Crippen MR) is 114 cm³/mol. The van der Waals surface area contributed by atoms with E-state index >= 15 is 0 Å². The van der Waals surface area contributed by atoms with E-state index in [1.165, 1.54) is 18.4 Å². The van der Waals surface area contributed by atoms with Crippen molar-refractivity contribution in [2.45, 2.75) is 25.4 Å². The Kier molecular flexibility index (Phi) is 7.51. The number of pyridine rings is 1. The Bertz CT molecular complexity index is 775. The largest absolute Gasteiger partial charge is 0.497 e. The Hall–Kier alpha value is -2.31. The molecule has 1 atom stereocenters. The zero-order valence-electron chi connectivity index (χ0n) is 16.5. The van der Waals surface area contributed by atoms with Gasteiger partial charge in [0.2, 0.25) is 0 Å². The first-order valence-corrected chi connectivity index (χ1v) is 10.0. The minimum atomic E-state index is 0.272. The number of guanidine groups is 1. The molecule has 7 heteroatoms. The van der Waals surface area contributed by atoms with Gasteiger partial charge in [0, 0.05) is 26.3 Å². The maximum Gasteiger partial charge on any atom is 0.191 e. The molecule has 1 fully saturated rings. The summed E-state index contributed by atoms with van der Waals surface area (Å²) in [5, 5.41) is 7.31. The van der Waals surface area contributed by atoms with Gasteiger partial charge in [0.05, 0.1) is 13.2 Å². The number of hydrogen-bond acceptors (Lipinski definition) is 4. The highest BCUT2D eigenvalue weighted by Crippen LogP contribution is 2.27. The van der Waals surface area contributed by atoms with Crippen LogP contribution in [0, 0.1) is 0 Å². The van der Waals surface area contributed by atoms with Crippen molar-refractivity contribution in [1.29, 1.82) is 0 Å². The highest BCUT2D eigenvalue weighted by molar-refractivity contribution is 6.29. The van der Waals surface area contributed by atoms with Crippen molar-refractivity contribution in [3.63, 3.8) is 0 Å². The first kappa shape index (κ1) is 20.4. The van der Waals surface area contributed by atoms with Crippen LogP contribution in [0.4, 0.5) is 0 Å². The van der Waals surface area contributed by atoms with Crippen LogP contribution in [0.3, 0.4) is 0 Å². The fraction of sp³-hybridized carbons (Fsp3) is 0.429. The average molecular weight is 402 g/mol. The molecule has 28 heavy (non-hydrogen) atoms. The average Bonchev–Trinajstić information content (AvgIpc) is 3.26. The van der Waals surface area contributed by atoms with Gasteiger partial charge in [-0.2, -0.15) is 0 Å². The van der Waals surface area contributed by atoms with Crippen LogP contribution < -0.4 is 15.4 Å². The first-order chi connectivity index (χ1) is 13.7. The molecule has 1 aliphatic rings. The summed E-state index contributed by atoms with van der Waals surface area (Å²) in [4.78, 5) is 11.0. The van der Waals surface area contributed by atoms with E-state index in [-0.39, 0.29) is 6.04 Å². The van der Waals surface area contributed by atoms with Gasteiger partial charge >= 0.3 is 0 Å². The molecule has 1 aliphatic heterocycles. The zero-order chi connectivity index (χ0) is 19.8. The Morgan fingerprint density at radius 1 is 1.25 bits per heavy atom. The fourth-order valence-corrected chi connectivity index (χ4v) is 3.58. The minimum absolute atomic E-state index is 0.272. The van der Waals surface area contributed by atoms with Crippen molar-refractivity contribution in [1.82, 2.24) is 20.5 Å². The van der Waals surface area contributed by atoms with Gasteiger partial charge in [-0.1, -0.05) is 29.8 Å². The third-order valence-corrected chi connectivity index (χ3v) is 5.22. The quantitative estimate of drug-likeness (QED) is 0.423. The maximum absolute atomic E-state index is 5.85. The number of rotatable bonds is 7. The standard InChI is InChI=1S/C21H28ClN5O/c1-23-21(25-14-16-8-9-20(22)24-13-16)26-15-19(27-10-3-4-11-27)17-6-5-7-18(12-17)28-2/h5-9,12-13,19H,3-4,10-11,14-15H2,1-2H3,(H2,23,25,26). The molecule has 0 radical (unpaired) electrons. The molecule has 1 saturated heterocycles. The number of hydrogen-bond donors (Lipinski definition) is 2. The summed E-state index contributed by atoms with van der Waals surface area (Å²) >= 11 is 5.85. The molecule has 0 aliphatic carbocycles. The molecule has 0 bridgehead atoms. The predicted octanol–water partition coefficient (Wildman–Crippen LogP) is 3.25. The lowest BCUT2D eigenvalue weighted by Crippen LogP contribution is -2.42. The first-order valence-electron chi connectivity index (χ1n) is 9.62. The number of ether oxygens (including phenoxy) is 1. The van der Waals surface area contributed by atoms with E-state index in [1.54, 1.807) is 26.4 Å². The van der Waals surface area contributed by atoms with Crippen molar-refractivity contribution in [2.75, 3.05) is 33.8 Å². The molecular weight excluding hydrogens is 374 g/mol. The summed E-state index contributed by atoms with van der Waals surface area (Å²) in [5.41, 5.74) is 2.31. The van der Waals surface area contributed by atoms with Crippen LogP contribution >= 0.6 is 11.6 Å². The monoisotopic (exact) mass is 401 g/mol. The SMILES string of the molecule is CN=C(NCc1ccc(Cl)nc1)NCC(c1cccc(OC)c1)N1CCCC1. The summed E-state index contributed by atoms with van der Waals surface area (Å²) in [7, 11) is 3.49. The summed E-state index contributed by atoms with van der Waals surface area (Å²) in [6.45, 7) is 3.64. The highest BCUT2D eigenvalue weighted by atomic mass is 35.5. The molecule has 3 rings (SSSR count). The Morgan fingerprint density at radius 3 is 2.75 bits per heavy atom. The van der Waals surface area contributed by atoms with Crippen molar-refractivity contribution in [3.05, 3.63) is 58.9 Å². The van der Waals surface area contributed by atoms with Gasteiger partial charge in [0.25, 0.3) is 0 Å². The van der Waals surface area contributed by atoms with E-state index in [1.807, 2.05) is 12.1 Å². The summed E-state index contributed by atoms with van der Waals surface area (Å²) in [6.07, 6.45) is 4.26. The molecule has 1 aromatic carbocycles. The molecule has 1 aromatic heterocycles. The highest BCUT2D eigenvalue weighted by Gasteiger charge is 2.24. The van der Waals surface area contributed by atoms with Crippen LogP contribution in [-0.4, -0.2) is 49.6 Å². The van der Waals surface area contributed by atoms with Gasteiger partial charge in [0.1, 0.15) is 10.9 Å². The topological polar surface area (TPSA) is 61.8 Å². The van der Waals surface area contributed by atoms with Crippen molar-refractivity contribution < 1.29 is 4.74 Å². The summed E-state index contributed by atoms with van der Waals surface area (Å²) in [5.74, 6) is 1.65. The lowest BCUT2D eigenvalue weighted by atomic mass is 10.1. The van der Waals surface area contributed by atoms with Crippen molar-refractivity contribution in [3.8, 4) is 5.75 Å². The lowest BCUT2D eigenvalue weighted by Gasteiger charge is -2.29. The van der Waals surface area contributed by atoms with E-state index in [9.17, 15) is 0 Å². The summed E-state index contributed by atoms with van der Waals surface area (Å²) < 4.78 is 5.42. The van der Waals surface area contributed by atoms with E-state index in [2.05, 4.69) is 43.7 Å². The molecule has 2 N–H and O–H groups in total. The molecule has 0 saturated carbocycles. The van der Waals surface area contributed by atoms with Gasteiger partial charge in [0.15, 0.2) is 5.96 Å². The van der Waals surface area contributed by atoms with Gasteiger partial charge in [-0.25, -0.2) is 4.98 Å². The second-order valence-corrected chi connectivity index (χ2v) is 7.22. The summed E-state index contributed by atoms with van der Waals surface area (Å²) in [6, 6.07) is 12.4. The molecular formula is C21H28ClN5O. The van der Waals surface area contributed by atoms with Gasteiger partial charge in [-0.15, -0.1) is 0 Å². The van der Waals surface area contributed by atoms with E-state index in [0.29, 0.717) is 11.7 Å². The maximum atomic E-state index is 5.85. The Balaban J connectivity index is 1.63. The van der Waals surface area contributed by atoms with Crippen LogP contribution in [0.2, 0.25) is 5.15 Å². The molecule has 6 nitrogen and oxygen atoms in total. The van der Waals surface area contributed by atoms with E-state index in [0.717, 1.165) is 36.9 Å². The number of likely N-dealkylation sites (tertiary alicyclic amines) is 1. The second-order valence-electron chi connectivity index (χ2n) is 6.83. The van der Waals surface area contributed by atoms with Crippen LogP contribution in [0.25, 0.3) is 0 Å². The molecule has 2 heterocycles. The van der Waals surface area contributed by atoms with E-state index < -0.39 is 0 Å². The number of benzene rings is 1. The number of methoxy groups -OCH3 is 1. The third-order valence-electron chi connectivity index (χ3n) is 5.00. The number of aliphatic imine (C=N–C) groups is 1. The fourth-order valence-electron chi connectivity index (χ4n) is 3.47. The lowest BCUT2D eigenvalue weighted by molar-refractivity contribution is 0.245. The smallest absolute Gasteiger partial charge is 0.191 e. The molecule has 150 valence electrons. The van der Waals surface area contributed by atoms with Crippen molar-refractivity contribution in [2.24, 2.45) is 4.99 Å². The van der Waals surface area contributed by atoms with Crippen LogP contribution in [0.1, 0.15) is 30.0 Å². The number of aromatic nitrogens is 1. The van der Waals surface area contributed by atoms with Crippen LogP contribution in [0.5, 0.6) is 5.75 Å². The minimum Gasteiger partial charge on any atom is -0.497 e. The van der Waals surface area contributed by atoms with Gasteiger partial charge in [-0.05, 0) is 55.3 Å². The molecule has 0 amide bonds. The molecule has 1 unspecified atom stereocenters. The normalized spacial score (nSPS) is 16.0. The number of nitrogens with one attached hydrogen (secondary N) is 2. The number of nitrogens with zero attached hydrogens (tertiary/aromatic N) is 3. The second kappa shape index (κ2) is 10.3. The van der Waals surface area contributed by atoms with Crippen molar-refractivity contribution >= 4 is 17.6 Å².